The van der Waals surface area contributed by atoms with Crippen molar-refractivity contribution >= 4 is 22.6 Å². The monoisotopic (exact) mass is 234 g/mol. The van der Waals surface area contributed by atoms with Crippen LogP contribution >= 0.6 is 11.8 Å². The summed E-state index contributed by atoms with van der Waals surface area (Å²) in [6, 6.07) is 6.46. The van der Waals surface area contributed by atoms with Crippen LogP contribution in [0.1, 0.15) is 18.1 Å². The molecule has 0 amide bonds. The Morgan fingerprint density at radius 3 is 2.88 bits per heavy atom. The Labute approximate surface area is 102 Å². The van der Waals surface area contributed by atoms with Crippen LogP contribution in [0.25, 0.3) is 0 Å². The molecule has 0 bridgehead atoms. The summed E-state index contributed by atoms with van der Waals surface area (Å²) in [6.45, 7) is 7.42. The highest BCUT2D eigenvalue weighted by Gasteiger charge is 2.12. The van der Waals surface area contributed by atoms with Crippen molar-refractivity contribution < 1.29 is 0 Å². The first-order valence-corrected chi connectivity index (χ1v) is 6.65. The summed E-state index contributed by atoms with van der Waals surface area (Å²) in [5, 5.41) is 4.49. The van der Waals surface area contributed by atoms with E-state index in [0.717, 1.165) is 17.5 Å². The maximum Gasteiger partial charge on any atom is 0.161 e. The number of anilines is 1. The molecule has 0 saturated heterocycles. The van der Waals surface area contributed by atoms with E-state index in [0.29, 0.717) is 5.92 Å². The number of thioether (sulfide) groups is 1. The van der Waals surface area contributed by atoms with Gasteiger partial charge < -0.3 is 5.32 Å². The number of hydrogen-bond acceptors (Lipinski definition) is 3. The lowest BCUT2D eigenvalue weighted by molar-refractivity contribution is 0.674. The Hall–Kier alpha value is -0.960. The number of amidine groups is 1. The molecule has 1 aromatic carbocycles. The molecule has 3 heteroatoms. The summed E-state index contributed by atoms with van der Waals surface area (Å²) in [7, 11) is 0. The lowest BCUT2D eigenvalue weighted by Crippen LogP contribution is -2.19. The molecule has 1 aliphatic rings. The normalized spacial score (nSPS) is 20.4. The molecule has 0 fully saturated rings. The van der Waals surface area contributed by atoms with Gasteiger partial charge in [0.2, 0.25) is 0 Å². The molecule has 16 heavy (non-hydrogen) atoms. The molecule has 1 unspecified atom stereocenters. The van der Waals surface area contributed by atoms with Gasteiger partial charge in [-0.1, -0.05) is 30.8 Å². The van der Waals surface area contributed by atoms with Crippen LogP contribution in [0.15, 0.2) is 23.2 Å². The first-order chi connectivity index (χ1) is 7.65. The molecule has 0 radical (unpaired) electrons. The Bertz CT molecular complexity index is 412. The summed E-state index contributed by atoms with van der Waals surface area (Å²) < 4.78 is 0. The second-order valence-electron chi connectivity index (χ2n) is 4.51. The minimum Gasteiger partial charge on any atom is -0.335 e. The van der Waals surface area contributed by atoms with Crippen molar-refractivity contribution in [1.29, 1.82) is 0 Å². The van der Waals surface area contributed by atoms with E-state index in [9.17, 15) is 0 Å². The first kappa shape index (κ1) is 11.5. The molecule has 1 N–H and O–H groups in total. The van der Waals surface area contributed by atoms with Crippen molar-refractivity contribution in [3.63, 3.8) is 0 Å². The van der Waals surface area contributed by atoms with E-state index in [1.807, 2.05) is 11.8 Å². The van der Waals surface area contributed by atoms with Crippen molar-refractivity contribution in [2.45, 2.75) is 20.8 Å². The molecule has 1 atom stereocenters. The molecular formula is C13H18N2S. The Morgan fingerprint density at radius 1 is 1.38 bits per heavy atom. The van der Waals surface area contributed by atoms with Crippen molar-refractivity contribution in [3.05, 3.63) is 29.3 Å². The second-order valence-corrected chi connectivity index (χ2v) is 5.51. The Balaban J connectivity index is 2.12. The third-order valence-electron chi connectivity index (χ3n) is 2.69. The molecule has 0 saturated carbocycles. The summed E-state index contributed by atoms with van der Waals surface area (Å²) in [4.78, 5) is 4.55. The van der Waals surface area contributed by atoms with Crippen LogP contribution in [0.5, 0.6) is 0 Å². The van der Waals surface area contributed by atoms with Crippen LogP contribution in [-0.2, 0) is 0 Å². The van der Waals surface area contributed by atoms with Crippen molar-refractivity contribution in [2.24, 2.45) is 10.9 Å². The molecule has 0 spiro atoms. The maximum atomic E-state index is 4.55. The van der Waals surface area contributed by atoms with Crippen molar-refractivity contribution in [2.75, 3.05) is 17.6 Å². The lowest BCUT2D eigenvalue weighted by atomic mass is 10.1. The summed E-state index contributed by atoms with van der Waals surface area (Å²) in [5.41, 5.74) is 3.73. The summed E-state index contributed by atoms with van der Waals surface area (Å²) >= 11 is 1.82. The third-order valence-corrected chi connectivity index (χ3v) is 3.93. The Morgan fingerprint density at radius 2 is 2.19 bits per heavy atom. The van der Waals surface area contributed by atoms with Gasteiger partial charge in [-0.2, -0.15) is 0 Å². The van der Waals surface area contributed by atoms with Gasteiger partial charge in [-0.15, -0.1) is 0 Å². The molecular weight excluding hydrogens is 216 g/mol. The molecule has 1 aromatic rings. The van der Waals surface area contributed by atoms with Gasteiger partial charge in [-0.3, -0.25) is 4.99 Å². The standard InChI is InChI=1S/C13H18N2S/c1-9-4-5-11(3)12(6-9)15-13-14-7-10(2)8-16-13/h4-6,10H,7-8H2,1-3H3,(H,14,15). The zero-order valence-electron chi connectivity index (χ0n) is 10.1. The fraction of sp³-hybridized carbons (Fsp3) is 0.462. The zero-order valence-corrected chi connectivity index (χ0v) is 10.9. The average Bonchev–Trinajstić information content (AvgIpc) is 2.27. The number of rotatable bonds is 1. The van der Waals surface area contributed by atoms with Gasteiger partial charge in [0.05, 0.1) is 0 Å². The summed E-state index contributed by atoms with van der Waals surface area (Å²) in [6.07, 6.45) is 0. The van der Waals surface area contributed by atoms with Crippen molar-refractivity contribution in [1.82, 2.24) is 0 Å². The molecule has 1 heterocycles. The van der Waals surface area contributed by atoms with E-state index < -0.39 is 0 Å². The average molecular weight is 234 g/mol. The van der Waals surface area contributed by atoms with E-state index in [2.05, 4.69) is 49.3 Å². The predicted octanol–water partition coefficient (Wildman–Crippen LogP) is 3.45. The van der Waals surface area contributed by atoms with Crippen molar-refractivity contribution in [3.8, 4) is 0 Å². The maximum absolute atomic E-state index is 4.55. The van der Waals surface area contributed by atoms with Crippen LogP contribution in [0.2, 0.25) is 0 Å². The Kier molecular flexibility index (Phi) is 3.54. The quantitative estimate of drug-likeness (QED) is 0.805. The van der Waals surface area contributed by atoms with E-state index in [1.165, 1.54) is 16.8 Å². The topological polar surface area (TPSA) is 24.4 Å². The zero-order chi connectivity index (χ0) is 11.5. The van der Waals surface area contributed by atoms with Crippen LogP contribution < -0.4 is 5.32 Å². The fourth-order valence-corrected chi connectivity index (χ4v) is 2.52. The number of aliphatic imine (C=N–C) groups is 1. The molecule has 2 nitrogen and oxygen atoms in total. The van der Waals surface area contributed by atoms with Gasteiger partial charge in [-0.25, -0.2) is 0 Å². The number of hydrogen-bond donors (Lipinski definition) is 1. The number of nitrogens with zero attached hydrogens (tertiary/aromatic N) is 1. The number of benzene rings is 1. The van der Waals surface area contributed by atoms with Gasteiger partial charge >= 0.3 is 0 Å². The van der Waals surface area contributed by atoms with Crippen LogP contribution in [-0.4, -0.2) is 17.5 Å². The van der Waals surface area contributed by atoms with Crippen LogP contribution in [0.3, 0.4) is 0 Å². The SMILES string of the molecule is Cc1ccc(C)c(NC2=NCC(C)CS2)c1. The van der Waals surface area contributed by atoms with Gasteiger partial charge in [0.1, 0.15) is 0 Å². The van der Waals surface area contributed by atoms with E-state index in [4.69, 9.17) is 0 Å². The number of nitrogens with one attached hydrogen (secondary N) is 1. The van der Waals surface area contributed by atoms with E-state index in [-0.39, 0.29) is 0 Å². The minimum atomic E-state index is 0.703. The van der Waals surface area contributed by atoms with E-state index >= 15 is 0 Å². The van der Waals surface area contributed by atoms with Gasteiger partial charge in [0, 0.05) is 18.0 Å². The molecule has 2 rings (SSSR count). The predicted molar refractivity (Wildman–Crippen MR) is 73.5 cm³/mol. The molecule has 1 aliphatic heterocycles. The van der Waals surface area contributed by atoms with Crippen LogP contribution in [0, 0.1) is 19.8 Å². The number of aryl methyl sites for hydroxylation is 2. The van der Waals surface area contributed by atoms with E-state index in [1.54, 1.807) is 0 Å². The van der Waals surface area contributed by atoms with Gasteiger partial charge in [0.15, 0.2) is 5.17 Å². The van der Waals surface area contributed by atoms with Gasteiger partial charge in [0.25, 0.3) is 0 Å². The highest BCUT2D eigenvalue weighted by Crippen LogP contribution is 2.22. The molecule has 0 aliphatic carbocycles. The lowest BCUT2D eigenvalue weighted by Gasteiger charge is -2.19. The van der Waals surface area contributed by atoms with Crippen LogP contribution in [0.4, 0.5) is 5.69 Å². The third kappa shape index (κ3) is 2.79. The smallest absolute Gasteiger partial charge is 0.161 e. The molecule has 86 valence electrons. The summed E-state index contributed by atoms with van der Waals surface area (Å²) in [5.74, 6) is 1.87. The largest absolute Gasteiger partial charge is 0.335 e. The highest BCUT2D eigenvalue weighted by atomic mass is 32.2. The minimum absolute atomic E-state index is 0.703. The second kappa shape index (κ2) is 4.91. The fourth-order valence-electron chi connectivity index (χ4n) is 1.62. The van der Waals surface area contributed by atoms with Gasteiger partial charge in [-0.05, 0) is 37.0 Å². The molecule has 0 aromatic heterocycles. The first-order valence-electron chi connectivity index (χ1n) is 5.66. The highest BCUT2D eigenvalue weighted by molar-refractivity contribution is 8.14.